The molecule has 0 saturated carbocycles. The Morgan fingerprint density at radius 2 is 2.29 bits per heavy atom. The molecule has 0 bridgehead atoms. The minimum atomic E-state index is 0.261. The van der Waals surface area contributed by atoms with Gasteiger partial charge in [-0.25, -0.2) is 0 Å². The fourth-order valence-electron chi connectivity index (χ4n) is 1.06. The predicted molar refractivity (Wildman–Crippen MR) is 55.2 cm³/mol. The van der Waals surface area contributed by atoms with Gasteiger partial charge >= 0.3 is 0 Å². The van der Waals surface area contributed by atoms with Crippen molar-refractivity contribution in [2.45, 2.75) is 25.7 Å². The maximum atomic E-state index is 11.3. The van der Waals surface area contributed by atoms with Crippen molar-refractivity contribution in [3.63, 3.8) is 0 Å². The molecule has 0 fully saturated rings. The fraction of sp³-hybridized carbons (Fsp3) is 0.750. The quantitative estimate of drug-likeness (QED) is 0.713. The van der Waals surface area contributed by atoms with Gasteiger partial charge in [0, 0.05) is 24.6 Å². The largest absolute Gasteiger partial charge is 0.300 e. The standard InChI is InChI=1S/C8H13BrN4O/c1-13-11-8(10-12-13)5-4-7(14)3-2-6-9/h2-6H2,1H3. The number of rotatable bonds is 6. The molecule has 6 heteroatoms. The maximum absolute atomic E-state index is 11.3. The summed E-state index contributed by atoms with van der Waals surface area (Å²) >= 11 is 3.29. The van der Waals surface area contributed by atoms with E-state index in [4.69, 9.17) is 0 Å². The lowest BCUT2D eigenvalue weighted by molar-refractivity contribution is -0.119. The summed E-state index contributed by atoms with van der Waals surface area (Å²) in [5.41, 5.74) is 0. The van der Waals surface area contributed by atoms with Crippen LogP contribution in [0.2, 0.25) is 0 Å². The highest BCUT2D eigenvalue weighted by atomic mass is 79.9. The van der Waals surface area contributed by atoms with Crippen LogP contribution in [0.25, 0.3) is 0 Å². The smallest absolute Gasteiger partial charge is 0.175 e. The van der Waals surface area contributed by atoms with Gasteiger partial charge in [-0.1, -0.05) is 15.9 Å². The highest BCUT2D eigenvalue weighted by molar-refractivity contribution is 9.09. The van der Waals surface area contributed by atoms with Crippen LogP contribution in [0, 0.1) is 0 Å². The van der Waals surface area contributed by atoms with Crippen LogP contribution in [0.5, 0.6) is 0 Å². The Bertz CT molecular complexity index is 299. The number of carbonyl (C=O) groups excluding carboxylic acids is 1. The van der Waals surface area contributed by atoms with Crippen molar-refractivity contribution in [3.8, 4) is 0 Å². The average molecular weight is 261 g/mol. The lowest BCUT2D eigenvalue weighted by Crippen LogP contribution is -2.02. The van der Waals surface area contributed by atoms with Crippen molar-refractivity contribution >= 4 is 21.7 Å². The molecule has 0 spiro atoms. The number of aryl methyl sites for hydroxylation is 2. The first-order chi connectivity index (χ1) is 6.72. The normalized spacial score (nSPS) is 10.4. The maximum Gasteiger partial charge on any atom is 0.175 e. The third kappa shape index (κ3) is 3.95. The number of alkyl halides is 1. The van der Waals surface area contributed by atoms with Crippen LogP contribution >= 0.6 is 15.9 Å². The Morgan fingerprint density at radius 1 is 1.50 bits per heavy atom. The molecular weight excluding hydrogens is 248 g/mol. The van der Waals surface area contributed by atoms with Crippen LogP contribution in [-0.2, 0) is 18.3 Å². The SMILES string of the molecule is Cn1nnc(CCC(=O)CCCBr)n1. The summed E-state index contributed by atoms with van der Waals surface area (Å²) < 4.78 is 0. The molecule has 0 saturated heterocycles. The van der Waals surface area contributed by atoms with Gasteiger partial charge in [0.15, 0.2) is 5.82 Å². The van der Waals surface area contributed by atoms with E-state index in [-0.39, 0.29) is 5.78 Å². The molecule has 1 aromatic heterocycles. The Morgan fingerprint density at radius 3 is 2.86 bits per heavy atom. The number of ketones is 1. The Hall–Kier alpha value is -0.780. The van der Waals surface area contributed by atoms with E-state index in [0.29, 0.717) is 25.1 Å². The number of tetrazole rings is 1. The lowest BCUT2D eigenvalue weighted by Gasteiger charge is -1.95. The van der Waals surface area contributed by atoms with E-state index in [2.05, 4.69) is 31.3 Å². The Kier molecular flexibility index (Phi) is 4.72. The summed E-state index contributed by atoms with van der Waals surface area (Å²) in [5.74, 6) is 0.900. The minimum Gasteiger partial charge on any atom is -0.300 e. The van der Waals surface area contributed by atoms with Crippen LogP contribution in [0.3, 0.4) is 0 Å². The monoisotopic (exact) mass is 260 g/mol. The summed E-state index contributed by atoms with van der Waals surface area (Å²) in [7, 11) is 1.71. The van der Waals surface area contributed by atoms with Crippen LogP contribution in [0.1, 0.15) is 25.1 Å². The van der Waals surface area contributed by atoms with Gasteiger partial charge in [-0.3, -0.25) is 4.79 Å². The third-order valence-corrected chi connectivity index (χ3v) is 2.33. The highest BCUT2D eigenvalue weighted by Crippen LogP contribution is 2.01. The first kappa shape index (κ1) is 11.3. The van der Waals surface area contributed by atoms with Crippen molar-refractivity contribution in [2.75, 3.05) is 5.33 Å². The molecule has 0 aliphatic carbocycles. The van der Waals surface area contributed by atoms with E-state index in [1.165, 1.54) is 4.80 Å². The molecule has 0 radical (unpaired) electrons. The number of halogens is 1. The predicted octanol–water partition coefficient (Wildman–Crippen LogP) is 0.887. The zero-order valence-corrected chi connectivity index (χ0v) is 9.70. The molecule has 0 atom stereocenters. The number of nitrogens with zero attached hydrogens (tertiary/aromatic N) is 4. The third-order valence-electron chi connectivity index (χ3n) is 1.77. The first-order valence-corrected chi connectivity index (χ1v) is 5.65. The second-order valence-electron chi connectivity index (χ2n) is 3.03. The number of hydrogen-bond acceptors (Lipinski definition) is 4. The van der Waals surface area contributed by atoms with E-state index >= 15 is 0 Å². The summed E-state index contributed by atoms with van der Waals surface area (Å²) in [6, 6.07) is 0. The number of Topliss-reactive ketones (excluding diaryl/α,β-unsaturated/α-hetero) is 1. The molecule has 0 unspecified atom stereocenters. The number of carbonyl (C=O) groups is 1. The molecule has 1 heterocycles. The van der Waals surface area contributed by atoms with E-state index in [0.717, 1.165) is 11.8 Å². The van der Waals surface area contributed by atoms with Gasteiger partial charge in [0.05, 0.1) is 7.05 Å². The van der Waals surface area contributed by atoms with Crippen molar-refractivity contribution in [3.05, 3.63) is 5.82 Å². The Balaban J connectivity index is 2.23. The number of hydrogen-bond donors (Lipinski definition) is 0. The molecule has 5 nitrogen and oxygen atoms in total. The first-order valence-electron chi connectivity index (χ1n) is 4.53. The molecule has 1 aromatic rings. The van der Waals surface area contributed by atoms with Crippen molar-refractivity contribution in [1.82, 2.24) is 20.2 Å². The molecule has 0 aromatic carbocycles. The van der Waals surface area contributed by atoms with E-state index < -0.39 is 0 Å². The van der Waals surface area contributed by atoms with Gasteiger partial charge in [-0.05, 0) is 11.6 Å². The summed E-state index contributed by atoms with van der Waals surface area (Å²) in [6.45, 7) is 0. The molecule has 0 N–H and O–H groups in total. The van der Waals surface area contributed by atoms with Crippen LogP contribution in [0.4, 0.5) is 0 Å². The lowest BCUT2D eigenvalue weighted by atomic mass is 10.1. The van der Waals surface area contributed by atoms with Crippen LogP contribution in [-0.4, -0.2) is 31.3 Å². The van der Waals surface area contributed by atoms with Crippen molar-refractivity contribution in [2.24, 2.45) is 7.05 Å². The zero-order chi connectivity index (χ0) is 10.4. The molecule has 0 amide bonds. The molecule has 0 aliphatic heterocycles. The van der Waals surface area contributed by atoms with E-state index in [1.807, 2.05) is 0 Å². The van der Waals surface area contributed by atoms with E-state index in [1.54, 1.807) is 7.05 Å². The van der Waals surface area contributed by atoms with Gasteiger partial charge in [-0.15, -0.1) is 10.2 Å². The molecule has 0 aliphatic rings. The topological polar surface area (TPSA) is 60.7 Å². The van der Waals surface area contributed by atoms with Crippen LogP contribution in [0.15, 0.2) is 0 Å². The molecule has 1 rings (SSSR count). The summed E-state index contributed by atoms with van der Waals surface area (Å²) in [6.07, 6.45) is 2.63. The van der Waals surface area contributed by atoms with Gasteiger partial charge in [-0.2, -0.15) is 4.80 Å². The highest BCUT2D eigenvalue weighted by Gasteiger charge is 2.05. The van der Waals surface area contributed by atoms with Gasteiger partial charge in [0.1, 0.15) is 5.78 Å². The summed E-state index contributed by atoms with van der Waals surface area (Å²) in [5, 5.41) is 12.4. The Labute approximate surface area is 91.0 Å². The van der Waals surface area contributed by atoms with Gasteiger partial charge in [0.2, 0.25) is 0 Å². The van der Waals surface area contributed by atoms with Gasteiger partial charge in [0.25, 0.3) is 0 Å². The average Bonchev–Trinajstić information content (AvgIpc) is 2.58. The second-order valence-corrected chi connectivity index (χ2v) is 3.82. The number of aromatic nitrogens is 4. The second kappa shape index (κ2) is 5.85. The summed E-state index contributed by atoms with van der Waals surface area (Å²) in [4.78, 5) is 12.7. The molecular formula is C8H13BrN4O. The van der Waals surface area contributed by atoms with Crippen molar-refractivity contribution in [1.29, 1.82) is 0 Å². The van der Waals surface area contributed by atoms with Gasteiger partial charge < -0.3 is 0 Å². The van der Waals surface area contributed by atoms with Crippen molar-refractivity contribution < 1.29 is 4.79 Å². The van der Waals surface area contributed by atoms with Crippen LogP contribution < -0.4 is 0 Å². The van der Waals surface area contributed by atoms with E-state index in [9.17, 15) is 4.79 Å². The molecule has 14 heavy (non-hydrogen) atoms. The minimum absolute atomic E-state index is 0.261. The molecule has 78 valence electrons. The zero-order valence-electron chi connectivity index (χ0n) is 8.11. The fourth-order valence-corrected chi connectivity index (χ4v) is 1.34.